The molecule has 0 aromatic heterocycles. The zero-order chi connectivity index (χ0) is 21.9. The third-order valence-electron chi connectivity index (χ3n) is 9.33. The molecular formula is C26H36N2O4. The molecule has 1 aromatic carbocycles. The molecule has 1 aromatic rings. The van der Waals surface area contributed by atoms with Crippen molar-refractivity contribution in [1.29, 1.82) is 0 Å². The van der Waals surface area contributed by atoms with Gasteiger partial charge in [-0.2, -0.15) is 0 Å². The van der Waals surface area contributed by atoms with Crippen molar-refractivity contribution < 1.29 is 19.0 Å². The van der Waals surface area contributed by atoms with Gasteiger partial charge < -0.3 is 19.1 Å². The molecule has 6 rings (SSSR count). The van der Waals surface area contributed by atoms with Crippen molar-refractivity contribution in [2.75, 3.05) is 51.3 Å². The summed E-state index contributed by atoms with van der Waals surface area (Å²) < 4.78 is 17.6. The van der Waals surface area contributed by atoms with Crippen LogP contribution in [-0.2, 0) is 14.3 Å². The number of benzene rings is 1. The van der Waals surface area contributed by atoms with Gasteiger partial charge in [0.15, 0.2) is 0 Å². The molecule has 3 aliphatic heterocycles. The van der Waals surface area contributed by atoms with Crippen LogP contribution >= 0.6 is 0 Å². The first-order valence-corrected chi connectivity index (χ1v) is 12.5. The second-order valence-electron chi connectivity index (χ2n) is 11.1. The van der Waals surface area contributed by atoms with Crippen molar-refractivity contribution in [3.63, 3.8) is 0 Å². The lowest BCUT2D eigenvalue weighted by molar-refractivity contribution is -0.147. The fourth-order valence-corrected chi connectivity index (χ4v) is 7.51. The number of carbonyl (C=O) groups excluding carboxylic acids is 1. The Morgan fingerprint density at radius 2 is 1.94 bits per heavy atom. The molecule has 6 atom stereocenters. The van der Waals surface area contributed by atoms with Crippen LogP contribution in [0, 0.1) is 23.2 Å². The van der Waals surface area contributed by atoms with E-state index in [0.29, 0.717) is 11.8 Å². The molecule has 0 bridgehead atoms. The Hall–Kier alpha value is -1.79. The second-order valence-corrected chi connectivity index (χ2v) is 11.1. The van der Waals surface area contributed by atoms with E-state index in [-0.39, 0.29) is 29.0 Å². The molecule has 174 valence electrons. The SMILES string of the molecule is COc1ccccc1N1CCN(C[C@H]2C(=O)O[C@@H]3C[C@@]4(C)CCC[C@]5(CO5)[C@@H]4C[C@@H]32)CC1. The van der Waals surface area contributed by atoms with E-state index >= 15 is 0 Å². The van der Waals surface area contributed by atoms with Crippen LogP contribution in [-0.4, -0.2) is 69.0 Å². The number of fused-ring (bicyclic) bond motifs is 3. The Labute approximate surface area is 191 Å². The Bertz CT molecular complexity index is 878. The minimum atomic E-state index is 0.0140. The molecule has 5 fully saturated rings. The molecule has 0 amide bonds. The molecule has 0 N–H and O–H groups in total. The second kappa shape index (κ2) is 7.63. The fraction of sp³-hybridized carbons (Fsp3) is 0.731. The molecule has 6 heteroatoms. The van der Waals surface area contributed by atoms with E-state index in [2.05, 4.69) is 28.9 Å². The zero-order valence-electron chi connectivity index (χ0n) is 19.4. The normalized spacial score (nSPS) is 41.2. The van der Waals surface area contributed by atoms with Crippen LogP contribution in [0.3, 0.4) is 0 Å². The zero-order valence-corrected chi connectivity index (χ0v) is 19.4. The lowest BCUT2D eigenvalue weighted by atomic mass is 9.53. The van der Waals surface area contributed by atoms with Gasteiger partial charge in [0.1, 0.15) is 11.9 Å². The van der Waals surface area contributed by atoms with Crippen molar-refractivity contribution in [2.45, 2.75) is 50.7 Å². The number of rotatable bonds is 4. The van der Waals surface area contributed by atoms with Gasteiger partial charge in [0, 0.05) is 38.6 Å². The van der Waals surface area contributed by atoms with Crippen LogP contribution in [0.2, 0.25) is 0 Å². The van der Waals surface area contributed by atoms with Crippen molar-refractivity contribution in [3.05, 3.63) is 24.3 Å². The summed E-state index contributed by atoms with van der Waals surface area (Å²) in [7, 11) is 1.73. The smallest absolute Gasteiger partial charge is 0.310 e. The van der Waals surface area contributed by atoms with Gasteiger partial charge in [0.25, 0.3) is 0 Å². The summed E-state index contributed by atoms with van der Waals surface area (Å²) in [5.74, 6) is 1.92. The fourth-order valence-electron chi connectivity index (χ4n) is 7.51. The Kier molecular flexibility index (Phi) is 4.95. The van der Waals surface area contributed by atoms with Crippen LogP contribution in [0.1, 0.15) is 39.0 Å². The quantitative estimate of drug-likeness (QED) is 0.529. The maximum Gasteiger partial charge on any atom is 0.310 e. The summed E-state index contributed by atoms with van der Waals surface area (Å²) in [6.07, 6.45) is 5.93. The van der Waals surface area contributed by atoms with Crippen LogP contribution in [0.15, 0.2) is 24.3 Å². The lowest BCUT2D eigenvalue weighted by Crippen LogP contribution is -2.52. The molecule has 5 aliphatic rings. The van der Waals surface area contributed by atoms with Gasteiger partial charge in [-0.1, -0.05) is 19.1 Å². The summed E-state index contributed by atoms with van der Waals surface area (Å²) in [6.45, 7) is 8.02. The molecule has 0 unspecified atom stereocenters. The average Bonchev–Trinajstić information content (AvgIpc) is 3.51. The highest BCUT2D eigenvalue weighted by molar-refractivity contribution is 5.75. The minimum Gasteiger partial charge on any atom is -0.495 e. The monoisotopic (exact) mass is 440 g/mol. The molecule has 2 aliphatic carbocycles. The molecule has 2 saturated carbocycles. The van der Waals surface area contributed by atoms with E-state index in [1.165, 1.54) is 19.3 Å². The third kappa shape index (κ3) is 3.33. The number of piperazine rings is 1. The summed E-state index contributed by atoms with van der Waals surface area (Å²) in [4.78, 5) is 17.8. The highest BCUT2D eigenvalue weighted by atomic mass is 16.6. The van der Waals surface area contributed by atoms with E-state index in [4.69, 9.17) is 14.2 Å². The van der Waals surface area contributed by atoms with Crippen molar-refractivity contribution in [3.8, 4) is 5.75 Å². The van der Waals surface area contributed by atoms with Gasteiger partial charge in [-0.25, -0.2) is 0 Å². The number of anilines is 1. The minimum absolute atomic E-state index is 0.0140. The summed E-state index contributed by atoms with van der Waals surface area (Å²) in [5.41, 5.74) is 1.55. The topological polar surface area (TPSA) is 54.5 Å². The molecule has 32 heavy (non-hydrogen) atoms. The summed E-state index contributed by atoms with van der Waals surface area (Å²) in [6, 6.07) is 8.23. The van der Waals surface area contributed by atoms with Gasteiger partial charge in [-0.15, -0.1) is 0 Å². The van der Waals surface area contributed by atoms with Gasteiger partial charge in [-0.3, -0.25) is 9.69 Å². The van der Waals surface area contributed by atoms with E-state index in [9.17, 15) is 4.79 Å². The number of methoxy groups -OCH3 is 1. The van der Waals surface area contributed by atoms with Crippen molar-refractivity contribution in [1.82, 2.24) is 4.90 Å². The van der Waals surface area contributed by atoms with Crippen LogP contribution < -0.4 is 9.64 Å². The number of esters is 1. The predicted molar refractivity (Wildman–Crippen MR) is 122 cm³/mol. The summed E-state index contributed by atoms with van der Waals surface area (Å²) >= 11 is 0. The maximum atomic E-state index is 13.0. The lowest BCUT2D eigenvalue weighted by Gasteiger charge is -2.51. The summed E-state index contributed by atoms with van der Waals surface area (Å²) in [5, 5.41) is 0. The molecule has 1 spiro atoms. The molecule has 6 nitrogen and oxygen atoms in total. The highest BCUT2D eigenvalue weighted by Crippen LogP contribution is 2.62. The van der Waals surface area contributed by atoms with E-state index in [0.717, 1.165) is 63.6 Å². The van der Waals surface area contributed by atoms with Crippen LogP contribution in [0.25, 0.3) is 0 Å². The van der Waals surface area contributed by atoms with E-state index in [1.807, 2.05) is 12.1 Å². The van der Waals surface area contributed by atoms with E-state index in [1.54, 1.807) is 7.11 Å². The molecule has 3 saturated heterocycles. The number of para-hydroxylation sites is 2. The van der Waals surface area contributed by atoms with Crippen LogP contribution in [0.5, 0.6) is 5.75 Å². The van der Waals surface area contributed by atoms with Crippen molar-refractivity contribution in [2.24, 2.45) is 23.2 Å². The molecule has 3 heterocycles. The first-order chi connectivity index (χ1) is 15.5. The van der Waals surface area contributed by atoms with Gasteiger partial charge in [0.05, 0.1) is 30.9 Å². The Morgan fingerprint density at radius 3 is 2.69 bits per heavy atom. The number of carbonyl (C=O) groups is 1. The highest BCUT2D eigenvalue weighted by Gasteiger charge is 2.65. The first-order valence-electron chi connectivity index (χ1n) is 12.5. The van der Waals surface area contributed by atoms with Gasteiger partial charge in [-0.05, 0) is 55.6 Å². The third-order valence-corrected chi connectivity index (χ3v) is 9.33. The molecule has 0 radical (unpaired) electrons. The first kappa shape index (κ1) is 20.8. The molecular weight excluding hydrogens is 404 g/mol. The number of epoxide rings is 1. The van der Waals surface area contributed by atoms with Crippen molar-refractivity contribution >= 4 is 11.7 Å². The Balaban J connectivity index is 1.12. The Morgan fingerprint density at radius 1 is 1.16 bits per heavy atom. The number of nitrogens with zero attached hydrogens (tertiary/aromatic N) is 2. The maximum absolute atomic E-state index is 13.0. The van der Waals surface area contributed by atoms with E-state index < -0.39 is 0 Å². The largest absolute Gasteiger partial charge is 0.495 e. The standard InChI is InChI=1S/C26H36N2O4/c1-25-8-5-9-26(17-31-26)23(25)14-18-19(24(29)32-22(18)15-25)16-27-10-12-28(13-11-27)20-6-3-4-7-21(20)30-2/h3-4,6-7,18-19,22-23H,5,8-17H2,1-2H3/t18-,19-,22-,23-,25-,26+/m1/s1. The van der Waals surface area contributed by atoms with Gasteiger partial charge >= 0.3 is 5.97 Å². The number of hydrogen-bond donors (Lipinski definition) is 0. The predicted octanol–water partition coefficient (Wildman–Crippen LogP) is 3.34. The van der Waals surface area contributed by atoms with Crippen LogP contribution in [0.4, 0.5) is 5.69 Å². The van der Waals surface area contributed by atoms with Gasteiger partial charge in [0.2, 0.25) is 0 Å². The number of ether oxygens (including phenoxy) is 3. The number of hydrogen-bond acceptors (Lipinski definition) is 6. The average molecular weight is 441 g/mol.